The Morgan fingerprint density at radius 3 is 2.23 bits per heavy atom. The fourth-order valence-electron chi connectivity index (χ4n) is 3.45. The van der Waals surface area contributed by atoms with Crippen LogP contribution >= 0.6 is 11.3 Å². The Hall–Kier alpha value is -3.16. The number of fused-ring (bicyclic) bond motifs is 1. The zero-order valence-electron chi connectivity index (χ0n) is 17.2. The fraction of sp³-hybridized carbons (Fsp3) is 0.125. The Morgan fingerprint density at radius 1 is 0.871 bits per heavy atom. The zero-order chi connectivity index (χ0) is 22.2. The van der Waals surface area contributed by atoms with Crippen LogP contribution < -0.4 is 14.9 Å². The van der Waals surface area contributed by atoms with Gasteiger partial charge in [0.15, 0.2) is 15.3 Å². The molecule has 4 rings (SSSR count). The molecule has 3 aromatic carbocycles. The second-order valence-corrected chi connectivity index (χ2v) is 10.1. The average molecular weight is 453 g/mol. The molecule has 0 aliphatic heterocycles. The molecule has 31 heavy (non-hydrogen) atoms. The lowest BCUT2D eigenvalue weighted by atomic mass is 9.99. The van der Waals surface area contributed by atoms with Crippen molar-refractivity contribution in [1.29, 1.82) is 0 Å². The number of sulfone groups is 1. The van der Waals surface area contributed by atoms with Crippen molar-refractivity contribution in [3.05, 3.63) is 77.0 Å². The van der Waals surface area contributed by atoms with Gasteiger partial charge in [-0.1, -0.05) is 24.3 Å². The van der Waals surface area contributed by atoms with Crippen molar-refractivity contribution in [2.75, 3.05) is 20.5 Å². The van der Waals surface area contributed by atoms with E-state index in [-0.39, 0.29) is 10.3 Å². The van der Waals surface area contributed by atoms with Gasteiger partial charge in [-0.2, -0.15) is 0 Å². The van der Waals surface area contributed by atoms with Gasteiger partial charge in [0, 0.05) is 32.8 Å². The van der Waals surface area contributed by atoms with E-state index in [1.165, 1.54) is 17.6 Å². The minimum atomic E-state index is -3.32. The van der Waals surface area contributed by atoms with Crippen LogP contribution in [-0.2, 0) is 9.84 Å². The van der Waals surface area contributed by atoms with Crippen molar-refractivity contribution in [3.8, 4) is 33.1 Å². The molecule has 0 aliphatic rings. The predicted octanol–water partition coefficient (Wildman–Crippen LogP) is 5.02. The van der Waals surface area contributed by atoms with E-state index in [1.54, 1.807) is 50.6 Å². The lowest BCUT2D eigenvalue weighted by molar-refractivity contribution is 0.395. The average Bonchev–Trinajstić information content (AvgIpc) is 2.78. The molecule has 1 aromatic heterocycles. The smallest absolute Gasteiger partial charge is 0.196 e. The van der Waals surface area contributed by atoms with Crippen molar-refractivity contribution >= 4 is 31.3 Å². The van der Waals surface area contributed by atoms with E-state index in [4.69, 9.17) is 9.47 Å². The maximum absolute atomic E-state index is 13.6. The molecule has 158 valence electrons. The van der Waals surface area contributed by atoms with Gasteiger partial charge < -0.3 is 9.47 Å². The molecule has 0 spiro atoms. The van der Waals surface area contributed by atoms with E-state index in [0.717, 1.165) is 15.1 Å². The van der Waals surface area contributed by atoms with E-state index < -0.39 is 9.84 Å². The molecule has 0 aliphatic carbocycles. The third kappa shape index (κ3) is 3.94. The molecule has 7 heteroatoms. The monoisotopic (exact) mass is 452 g/mol. The van der Waals surface area contributed by atoms with Crippen LogP contribution in [-0.4, -0.2) is 28.9 Å². The van der Waals surface area contributed by atoms with E-state index in [2.05, 4.69) is 0 Å². The Bertz CT molecular complexity index is 1440. The Labute approximate surface area is 184 Å². The van der Waals surface area contributed by atoms with Crippen LogP contribution in [0, 0.1) is 0 Å². The minimum absolute atomic E-state index is 0.111. The first-order valence-electron chi connectivity index (χ1n) is 9.42. The highest BCUT2D eigenvalue weighted by molar-refractivity contribution is 7.90. The van der Waals surface area contributed by atoms with Crippen LogP contribution in [0.4, 0.5) is 0 Å². The van der Waals surface area contributed by atoms with Crippen LogP contribution in [0.25, 0.3) is 31.7 Å². The molecule has 5 nitrogen and oxygen atoms in total. The summed E-state index contributed by atoms with van der Waals surface area (Å²) in [7, 11) is -0.198. The first-order chi connectivity index (χ1) is 14.8. The maximum Gasteiger partial charge on any atom is 0.196 e. The predicted molar refractivity (Wildman–Crippen MR) is 125 cm³/mol. The van der Waals surface area contributed by atoms with Gasteiger partial charge in [0.1, 0.15) is 11.5 Å². The minimum Gasteiger partial charge on any atom is -0.497 e. The molecule has 0 saturated heterocycles. The molecule has 0 amide bonds. The molecular weight excluding hydrogens is 432 g/mol. The maximum atomic E-state index is 13.6. The second-order valence-electron chi connectivity index (χ2n) is 6.99. The number of benzene rings is 3. The van der Waals surface area contributed by atoms with Crippen LogP contribution in [0.15, 0.2) is 76.4 Å². The molecule has 1 heterocycles. The summed E-state index contributed by atoms with van der Waals surface area (Å²) in [6.07, 6.45) is 1.17. The van der Waals surface area contributed by atoms with Gasteiger partial charge in [0.25, 0.3) is 0 Å². The summed E-state index contributed by atoms with van der Waals surface area (Å²) in [6.45, 7) is 0. The Kier molecular flexibility index (Phi) is 5.56. The molecular formula is C24H20O5S2. The SMILES string of the molecule is COc1ccc(-c2c(-c3ccc(S(C)(=O)=O)cc3)sc3ccccc3c2=O)c(OC)c1. The molecule has 4 aromatic rings. The summed E-state index contributed by atoms with van der Waals surface area (Å²) in [5.74, 6) is 1.14. The number of methoxy groups -OCH3 is 2. The van der Waals surface area contributed by atoms with Crippen LogP contribution in [0.2, 0.25) is 0 Å². The molecule has 0 radical (unpaired) electrons. The van der Waals surface area contributed by atoms with E-state index in [0.29, 0.717) is 28.0 Å². The Balaban J connectivity index is 2.05. The van der Waals surface area contributed by atoms with E-state index in [1.807, 2.05) is 30.3 Å². The van der Waals surface area contributed by atoms with Gasteiger partial charge in [0.2, 0.25) is 0 Å². The van der Waals surface area contributed by atoms with Gasteiger partial charge >= 0.3 is 0 Å². The summed E-state index contributed by atoms with van der Waals surface area (Å²) in [5.41, 5.74) is 1.81. The molecule has 0 fully saturated rings. The lowest BCUT2D eigenvalue weighted by Crippen LogP contribution is -2.07. The van der Waals surface area contributed by atoms with Crippen molar-refractivity contribution < 1.29 is 17.9 Å². The molecule has 0 unspecified atom stereocenters. The summed E-state index contributed by atoms with van der Waals surface area (Å²) in [4.78, 5) is 14.6. The fourth-order valence-corrected chi connectivity index (χ4v) is 5.27. The lowest BCUT2D eigenvalue weighted by Gasteiger charge is -2.15. The Morgan fingerprint density at radius 2 is 1.58 bits per heavy atom. The summed E-state index contributed by atoms with van der Waals surface area (Å²) >= 11 is 1.48. The van der Waals surface area contributed by atoms with Crippen LogP contribution in [0.5, 0.6) is 11.5 Å². The highest BCUT2D eigenvalue weighted by Crippen LogP contribution is 2.41. The highest BCUT2D eigenvalue weighted by Gasteiger charge is 2.20. The topological polar surface area (TPSA) is 69.7 Å². The summed E-state index contributed by atoms with van der Waals surface area (Å²) in [5, 5.41) is 0.622. The molecule has 0 bridgehead atoms. The first kappa shape index (κ1) is 21.1. The van der Waals surface area contributed by atoms with Gasteiger partial charge in [-0.3, -0.25) is 4.79 Å². The van der Waals surface area contributed by atoms with Gasteiger partial charge in [-0.05, 0) is 42.0 Å². The summed E-state index contributed by atoms with van der Waals surface area (Å²) < 4.78 is 35.5. The molecule has 0 saturated carbocycles. The van der Waals surface area contributed by atoms with Gasteiger partial charge in [0.05, 0.1) is 24.7 Å². The zero-order valence-corrected chi connectivity index (χ0v) is 18.8. The highest BCUT2D eigenvalue weighted by atomic mass is 32.2. The number of ether oxygens (including phenoxy) is 2. The van der Waals surface area contributed by atoms with Crippen LogP contribution in [0.3, 0.4) is 0 Å². The molecule has 0 atom stereocenters. The van der Waals surface area contributed by atoms with E-state index in [9.17, 15) is 13.2 Å². The van der Waals surface area contributed by atoms with Crippen molar-refractivity contribution in [3.63, 3.8) is 0 Å². The largest absolute Gasteiger partial charge is 0.497 e. The van der Waals surface area contributed by atoms with Crippen molar-refractivity contribution in [1.82, 2.24) is 0 Å². The third-order valence-corrected chi connectivity index (χ3v) is 7.37. The number of hydrogen-bond donors (Lipinski definition) is 0. The number of rotatable bonds is 5. The van der Waals surface area contributed by atoms with Crippen molar-refractivity contribution in [2.24, 2.45) is 0 Å². The van der Waals surface area contributed by atoms with E-state index >= 15 is 0 Å². The van der Waals surface area contributed by atoms with Gasteiger partial charge in [-0.25, -0.2) is 8.42 Å². The van der Waals surface area contributed by atoms with Crippen molar-refractivity contribution in [2.45, 2.75) is 4.90 Å². The summed E-state index contributed by atoms with van der Waals surface area (Å²) in [6, 6.07) is 19.4. The van der Waals surface area contributed by atoms with Gasteiger partial charge in [-0.15, -0.1) is 11.3 Å². The normalized spacial score (nSPS) is 11.5. The quantitative estimate of drug-likeness (QED) is 0.425. The number of hydrogen-bond acceptors (Lipinski definition) is 6. The van der Waals surface area contributed by atoms with Crippen LogP contribution in [0.1, 0.15) is 0 Å². The standard InChI is InChI=1S/C24H20O5S2/c1-28-16-10-13-18(20(14-16)29-2)22-23(25)19-6-4-5-7-21(19)30-24(22)15-8-11-17(12-9-15)31(3,26)27/h4-14H,1-3H3. The second kappa shape index (κ2) is 8.17. The molecule has 0 N–H and O–H groups in total. The third-order valence-electron chi connectivity index (χ3n) is 5.02. The first-order valence-corrected chi connectivity index (χ1v) is 12.1.